The Morgan fingerprint density at radius 3 is 2.81 bits per heavy atom. The van der Waals surface area contributed by atoms with Crippen molar-refractivity contribution < 1.29 is 0 Å². The van der Waals surface area contributed by atoms with Crippen molar-refractivity contribution in [2.24, 2.45) is 0 Å². The molecule has 3 rings (SSSR count). The summed E-state index contributed by atoms with van der Waals surface area (Å²) in [7, 11) is 0. The quantitative estimate of drug-likeness (QED) is 0.926. The van der Waals surface area contributed by atoms with Crippen LogP contribution in [-0.2, 0) is 0 Å². The van der Waals surface area contributed by atoms with Crippen molar-refractivity contribution in [1.82, 2.24) is 15.3 Å². The molecule has 0 saturated carbocycles. The summed E-state index contributed by atoms with van der Waals surface area (Å²) in [6.07, 6.45) is 1.85. The van der Waals surface area contributed by atoms with Crippen molar-refractivity contribution in [3.8, 4) is 10.6 Å². The molecule has 3 nitrogen and oxygen atoms in total. The van der Waals surface area contributed by atoms with E-state index in [0.717, 1.165) is 28.4 Å². The summed E-state index contributed by atoms with van der Waals surface area (Å²) in [5.74, 6) is 1.45. The third-order valence-corrected chi connectivity index (χ3v) is 4.29. The van der Waals surface area contributed by atoms with Gasteiger partial charge in [-0.2, -0.15) is 0 Å². The summed E-state index contributed by atoms with van der Waals surface area (Å²) in [5, 5.41) is 3.24. The molecule has 1 fully saturated rings. The third-order valence-electron chi connectivity index (χ3n) is 2.65. The van der Waals surface area contributed by atoms with E-state index in [1.165, 1.54) is 4.88 Å². The van der Waals surface area contributed by atoms with Crippen LogP contribution in [-0.4, -0.2) is 23.1 Å². The lowest BCUT2D eigenvalue weighted by atomic mass is 10.0. The van der Waals surface area contributed by atoms with Gasteiger partial charge in [-0.3, -0.25) is 0 Å². The molecule has 0 aliphatic carbocycles. The number of nitrogens with zero attached hydrogens (tertiary/aromatic N) is 2. The Bertz CT molecular complexity index is 507. The van der Waals surface area contributed by atoms with E-state index >= 15 is 0 Å². The van der Waals surface area contributed by atoms with Crippen LogP contribution in [0, 0.1) is 0 Å². The zero-order valence-electron chi connectivity index (χ0n) is 8.48. The number of nitrogens with one attached hydrogen (secondary N) is 1. The SMILES string of the molecule is Brc1ccc(-c2ccnc(C3CNC3)n2)s1. The Kier molecular flexibility index (Phi) is 2.75. The van der Waals surface area contributed by atoms with Crippen molar-refractivity contribution in [2.75, 3.05) is 13.1 Å². The van der Waals surface area contributed by atoms with Crippen molar-refractivity contribution in [3.05, 3.63) is 34.0 Å². The summed E-state index contributed by atoms with van der Waals surface area (Å²) < 4.78 is 1.13. The molecule has 1 aliphatic heterocycles. The van der Waals surface area contributed by atoms with Crippen LogP contribution in [0.3, 0.4) is 0 Å². The number of rotatable bonds is 2. The molecule has 2 aromatic rings. The van der Waals surface area contributed by atoms with Gasteiger partial charge in [0.25, 0.3) is 0 Å². The predicted octanol–water partition coefficient (Wildman–Crippen LogP) is 2.65. The minimum absolute atomic E-state index is 0.489. The summed E-state index contributed by atoms with van der Waals surface area (Å²) in [6, 6.07) is 6.10. The first-order valence-corrected chi connectivity index (χ1v) is 6.73. The maximum atomic E-state index is 4.62. The number of halogens is 1. The van der Waals surface area contributed by atoms with Crippen LogP contribution in [0.25, 0.3) is 10.6 Å². The minimum Gasteiger partial charge on any atom is -0.315 e. The van der Waals surface area contributed by atoms with E-state index in [-0.39, 0.29) is 0 Å². The molecule has 16 heavy (non-hydrogen) atoms. The molecular weight excluding hydrogens is 286 g/mol. The number of hydrogen-bond donors (Lipinski definition) is 1. The average Bonchev–Trinajstić information content (AvgIpc) is 2.63. The topological polar surface area (TPSA) is 37.8 Å². The lowest BCUT2D eigenvalue weighted by Crippen LogP contribution is -2.40. The maximum absolute atomic E-state index is 4.62. The van der Waals surface area contributed by atoms with Gasteiger partial charge in [-0.15, -0.1) is 11.3 Å². The second-order valence-electron chi connectivity index (χ2n) is 3.76. The van der Waals surface area contributed by atoms with E-state index in [0.29, 0.717) is 5.92 Å². The van der Waals surface area contributed by atoms with Gasteiger partial charge in [0.15, 0.2) is 0 Å². The Hall–Kier alpha value is -0.780. The molecule has 0 amide bonds. The van der Waals surface area contributed by atoms with Crippen LogP contribution in [0.1, 0.15) is 11.7 Å². The van der Waals surface area contributed by atoms with Crippen molar-refractivity contribution in [2.45, 2.75) is 5.92 Å². The van der Waals surface area contributed by atoms with E-state index in [2.05, 4.69) is 37.3 Å². The summed E-state index contributed by atoms with van der Waals surface area (Å²) in [5.41, 5.74) is 1.02. The summed E-state index contributed by atoms with van der Waals surface area (Å²) in [4.78, 5) is 10.1. The largest absolute Gasteiger partial charge is 0.315 e. The van der Waals surface area contributed by atoms with Gasteiger partial charge in [0.1, 0.15) is 5.82 Å². The first kappa shape index (κ1) is 10.4. The molecule has 82 valence electrons. The number of hydrogen-bond acceptors (Lipinski definition) is 4. The van der Waals surface area contributed by atoms with E-state index in [9.17, 15) is 0 Å². The fourth-order valence-electron chi connectivity index (χ4n) is 1.63. The van der Waals surface area contributed by atoms with E-state index in [4.69, 9.17) is 0 Å². The first-order valence-electron chi connectivity index (χ1n) is 5.12. The van der Waals surface area contributed by atoms with Crippen molar-refractivity contribution in [1.29, 1.82) is 0 Å². The van der Waals surface area contributed by atoms with E-state index in [1.54, 1.807) is 11.3 Å². The highest BCUT2D eigenvalue weighted by atomic mass is 79.9. The van der Waals surface area contributed by atoms with E-state index in [1.807, 2.05) is 18.3 Å². The summed E-state index contributed by atoms with van der Waals surface area (Å²) in [6.45, 7) is 2.00. The van der Waals surface area contributed by atoms with Gasteiger partial charge >= 0.3 is 0 Å². The number of thiophene rings is 1. The molecule has 0 bridgehead atoms. The highest BCUT2D eigenvalue weighted by Gasteiger charge is 2.21. The standard InChI is InChI=1S/C11H10BrN3S/c12-10-2-1-9(16-10)8-3-4-14-11(15-8)7-5-13-6-7/h1-4,7,13H,5-6H2. The predicted molar refractivity (Wildman–Crippen MR) is 68.7 cm³/mol. The third kappa shape index (κ3) is 1.90. The Morgan fingerprint density at radius 2 is 2.19 bits per heavy atom. The fourth-order valence-corrected chi connectivity index (χ4v) is 2.99. The zero-order valence-corrected chi connectivity index (χ0v) is 10.9. The molecule has 0 atom stereocenters. The van der Waals surface area contributed by atoms with Gasteiger partial charge in [0, 0.05) is 25.2 Å². The van der Waals surface area contributed by atoms with Crippen LogP contribution in [0.5, 0.6) is 0 Å². The number of aromatic nitrogens is 2. The molecule has 3 heterocycles. The monoisotopic (exact) mass is 295 g/mol. The van der Waals surface area contributed by atoms with Crippen LogP contribution in [0.4, 0.5) is 0 Å². The lowest BCUT2D eigenvalue weighted by Gasteiger charge is -2.25. The smallest absolute Gasteiger partial charge is 0.134 e. The molecular formula is C11H10BrN3S. The molecule has 0 radical (unpaired) electrons. The molecule has 0 unspecified atom stereocenters. The van der Waals surface area contributed by atoms with Gasteiger partial charge in [0.05, 0.1) is 14.4 Å². The van der Waals surface area contributed by atoms with Gasteiger partial charge < -0.3 is 5.32 Å². The molecule has 1 aliphatic rings. The fraction of sp³-hybridized carbons (Fsp3) is 0.273. The van der Waals surface area contributed by atoms with Gasteiger partial charge in [0.2, 0.25) is 0 Å². The van der Waals surface area contributed by atoms with Crippen LogP contribution in [0.15, 0.2) is 28.2 Å². The Balaban J connectivity index is 1.95. The van der Waals surface area contributed by atoms with Crippen molar-refractivity contribution >= 4 is 27.3 Å². The highest BCUT2D eigenvalue weighted by Crippen LogP contribution is 2.30. The Labute approximate surface area is 106 Å². The minimum atomic E-state index is 0.489. The van der Waals surface area contributed by atoms with Gasteiger partial charge in [-0.05, 0) is 34.1 Å². The summed E-state index contributed by atoms with van der Waals surface area (Å²) >= 11 is 5.16. The second-order valence-corrected chi connectivity index (χ2v) is 6.22. The molecule has 0 aromatic carbocycles. The average molecular weight is 296 g/mol. The maximum Gasteiger partial charge on any atom is 0.134 e. The second kappa shape index (κ2) is 4.24. The molecule has 2 aromatic heterocycles. The van der Waals surface area contributed by atoms with E-state index < -0.39 is 0 Å². The van der Waals surface area contributed by atoms with Crippen molar-refractivity contribution in [3.63, 3.8) is 0 Å². The lowest BCUT2D eigenvalue weighted by molar-refractivity contribution is 0.430. The molecule has 0 spiro atoms. The van der Waals surface area contributed by atoms with Gasteiger partial charge in [-0.25, -0.2) is 9.97 Å². The molecule has 5 heteroatoms. The first-order chi connectivity index (χ1) is 7.83. The van der Waals surface area contributed by atoms with Crippen LogP contribution in [0.2, 0.25) is 0 Å². The molecule has 1 saturated heterocycles. The zero-order chi connectivity index (χ0) is 11.0. The normalized spacial score (nSPS) is 16.1. The highest BCUT2D eigenvalue weighted by molar-refractivity contribution is 9.11. The molecule has 1 N–H and O–H groups in total. The van der Waals surface area contributed by atoms with Crippen LogP contribution < -0.4 is 5.32 Å². The van der Waals surface area contributed by atoms with Crippen LogP contribution >= 0.6 is 27.3 Å². The Morgan fingerprint density at radius 1 is 1.31 bits per heavy atom. The van der Waals surface area contributed by atoms with Gasteiger partial charge in [-0.1, -0.05) is 0 Å².